The van der Waals surface area contributed by atoms with Crippen molar-refractivity contribution in [3.8, 4) is 0 Å². The largest absolute Gasteiger partial charge is 0.381 e. The number of halogens is 1. The van der Waals surface area contributed by atoms with Crippen molar-refractivity contribution >= 4 is 11.6 Å². The van der Waals surface area contributed by atoms with Gasteiger partial charge in [-0.15, -0.1) is 0 Å². The molecule has 0 saturated carbocycles. The van der Waals surface area contributed by atoms with E-state index < -0.39 is 5.91 Å². The highest BCUT2D eigenvalue weighted by Gasteiger charge is 2.03. The predicted octanol–water partition coefficient (Wildman–Crippen LogP) is 2.54. The van der Waals surface area contributed by atoms with Crippen LogP contribution in [0.4, 0.5) is 10.1 Å². The smallest absolute Gasteiger partial charge is 0.248 e. The van der Waals surface area contributed by atoms with Crippen LogP contribution in [0, 0.1) is 5.82 Å². The summed E-state index contributed by atoms with van der Waals surface area (Å²) >= 11 is 0. The first-order chi connectivity index (χ1) is 8.66. The van der Waals surface area contributed by atoms with E-state index in [4.69, 9.17) is 5.73 Å². The van der Waals surface area contributed by atoms with E-state index in [9.17, 15) is 9.18 Å². The van der Waals surface area contributed by atoms with Crippen LogP contribution in [-0.2, 0) is 6.54 Å². The van der Waals surface area contributed by atoms with E-state index in [1.807, 2.05) is 0 Å². The summed E-state index contributed by atoms with van der Waals surface area (Å²) in [5, 5.41) is 3.05. The Kier molecular flexibility index (Phi) is 3.57. The summed E-state index contributed by atoms with van der Waals surface area (Å²) in [6.07, 6.45) is 0. The number of benzene rings is 2. The molecule has 4 heteroatoms. The zero-order valence-corrected chi connectivity index (χ0v) is 9.69. The van der Waals surface area contributed by atoms with Crippen molar-refractivity contribution in [1.29, 1.82) is 0 Å². The number of carbonyl (C=O) groups is 1. The molecule has 0 bridgehead atoms. The molecule has 0 heterocycles. The zero-order chi connectivity index (χ0) is 13.0. The summed E-state index contributed by atoms with van der Waals surface area (Å²) in [6, 6.07) is 13.3. The minimum absolute atomic E-state index is 0.254. The van der Waals surface area contributed by atoms with Gasteiger partial charge < -0.3 is 11.1 Å². The molecule has 0 saturated heterocycles. The number of hydrogen-bond acceptors (Lipinski definition) is 2. The van der Waals surface area contributed by atoms with Crippen molar-refractivity contribution in [2.75, 3.05) is 5.32 Å². The molecule has 0 aromatic heterocycles. The summed E-state index contributed by atoms with van der Waals surface area (Å²) in [7, 11) is 0. The van der Waals surface area contributed by atoms with Gasteiger partial charge in [-0.05, 0) is 24.3 Å². The van der Waals surface area contributed by atoms with Crippen LogP contribution < -0.4 is 11.1 Å². The monoisotopic (exact) mass is 244 g/mol. The molecule has 0 unspecified atom stereocenters. The molecular formula is C14H13FN2O. The van der Waals surface area contributed by atoms with Gasteiger partial charge in [-0.2, -0.15) is 0 Å². The molecule has 2 rings (SSSR count). The van der Waals surface area contributed by atoms with Gasteiger partial charge in [-0.1, -0.05) is 24.3 Å². The van der Waals surface area contributed by atoms with Gasteiger partial charge >= 0.3 is 0 Å². The number of hydrogen-bond donors (Lipinski definition) is 2. The Bertz CT molecular complexity index is 569. The third kappa shape index (κ3) is 2.85. The molecule has 0 fully saturated rings. The molecule has 3 nitrogen and oxygen atoms in total. The fraction of sp³-hybridized carbons (Fsp3) is 0.0714. The third-order valence-electron chi connectivity index (χ3n) is 2.59. The molecule has 3 N–H and O–H groups in total. The van der Waals surface area contributed by atoms with Crippen LogP contribution in [0.2, 0.25) is 0 Å². The molecule has 1 amide bonds. The van der Waals surface area contributed by atoms with E-state index in [2.05, 4.69) is 5.32 Å². The van der Waals surface area contributed by atoms with Crippen LogP contribution in [0.3, 0.4) is 0 Å². The van der Waals surface area contributed by atoms with E-state index >= 15 is 0 Å². The van der Waals surface area contributed by atoms with Gasteiger partial charge in [0.25, 0.3) is 0 Å². The SMILES string of the molecule is NC(=O)c1cccc(NCc2ccccc2F)c1. The summed E-state index contributed by atoms with van der Waals surface area (Å²) in [4.78, 5) is 11.0. The fourth-order valence-corrected chi connectivity index (χ4v) is 1.62. The average Bonchev–Trinajstić information content (AvgIpc) is 2.38. The minimum atomic E-state index is -0.482. The first-order valence-electron chi connectivity index (χ1n) is 5.54. The van der Waals surface area contributed by atoms with Crippen LogP contribution in [-0.4, -0.2) is 5.91 Å². The van der Waals surface area contributed by atoms with Crippen molar-refractivity contribution in [2.45, 2.75) is 6.54 Å². The van der Waals surface area contributed by atoms with E-state index in [-0.39, 0.29) is 5.82 Å². The number of anilines is 1. The molecule has 0 aliphatic carbocycles. The normalized spacial score (nSPS) is 10.1. The first kappa shape index (κ1) is 12.1. The van der Waals surface area contributed by atoms with E-state index in [0.717, 1.165) is 5.69 Å². The molecule has 0 atom stereocenters. The van der Waals surface area contributed by atoms with E-state index in [1.54, 1.807) is 42.5 Å². The lowest BCUT2D eigenvalue weighted by atomic mass is 10.1. The Morgan fingerprint density at radius 3 is 2.67 bits per heavy atom. The molecular weight excluding hydrogens is 231 g/mol. The number of amides is 1. The molecule has 92 valence electrons. The topological polar surface area (TPSA) is 55.1 Å². The summed E-state index contributed by atoms with van der Waals surface area (Å²) < 4.78 is 13.4. The number of rotatable bonds is 4. The molecule has 0 radical (unpaired) electrons. The van der Waals surface area contributed by atoms with Gasteiger partial charge in [0.05, 0.1) is 0 Å². The second kappa shape index (κ2) is 5.31. The van der Waals surface area contributed by atoms with Crippen LogP contribution in [0.1, 0.15) is 15.9 Å². The Balaban J connectivity index is 2.09. The van der Waals surface area contributed by atoms with E-state index in [0.29, 0.717) is 17.7 Å². The lowest BCUT2D eigenvalue weighted by Gasteiger charge is -2.08. The first-order valence-corrected chi connectivity index (χ1v) is 5.54. The zero-order valence-electron chi connectivity index (χ0n) is 9.69. The maximum atomic E-state index is 13.4. The molecule has 0 spiro atoms. The number of nitrogens with two attached hydrogens (primary N) is 1. The quantitative estimate of drug-likeness (QED) is 0.868. The average molecular weight is 244 g/mol. The lowest BCUT2D eigenvalue weighted by Crippen LogP contribution is -2.11. The maximum absolute atomic E-state index is 13.4. The Morgan fingerprint density at radius 1 is 1.17 bits per heavy atom. The number of nitrogens with one attached hydrogen (secondary N) is 1. The predicted molar refractivity (Wildman–Crippen MR) is 68.7 cm³/mol. The summed E-state index contributed by atoms with van der Waals surface area (Å²) in [5.74, 6) is -0.736. The highest BCUT2D eigenvalue weighted by Crippen LogP contribution is 2.13. The molecule has 2 aromatic carbocycles. The van der Waals surface area contributed by atoms with Gasteiger partial charge in [0.2, 0.25) is 5.91 Å². The number of carbonyl (C=O) groups excluding carboxylic acids is 1. The molecule has 2 aromatic rings. The highest BCUT2D eigenvalue weighted by atomic mass is 19.1. The van der Waals surface area contributed by atoms with Crippen LogP contribution in [0.25, 0.3) is 0 Å². The van der Waals surface area contributed by atoms with Crippen molar-refractivity contribution in [2.24, 2.45) is 5.73 Å². The van der Waals surface area contributed by atoms with Gasteiger partial charge in [0.15, 0.2) is 0 Å². The summed E-state index contributed by atoms with van der Waals surface area (Å²) in [5.41, 5.74) is 6.91. The van der Waals surface area contributed by atoms with Crippen molar-refractivity contribution in [3.05, 3.63) is 65.5 Å². The number of primary amides is 1. The Morgan fingerprint density at radius 2 is 1.94 bits per heavy atom. The van der Waals surface area contributed by atoms with Gasteiger partial charge in [0.1, 0.15) is 5.82 Å². The highest BCUT2D eigenvalue weighted by molar-refractivity contribution is 5.93. The van der Waals surface area contributed by atoms with Crippen molar-refractivity contribution < 1.29 is 9.18 Å². The summed E-state index contributed by atoms with van der Waals surface area (Å²) in [6.45, 7) is 0.356. The van der Waals surface area contributed by atoms with Crippen LogP contribution in [0.15, 0.2) is 48.5 Å². The molecule has 18 heavy (non-hydrogen) atoms. The maximum Gasteiger partial charge on any atom is 0.248 e. The van der Waals surface area contributed by atoms with E-state index in [1.165, 1.54) is 6.07 Å². The standard InChI is InChI=1S/C14H13FN2O/c15-13-7-2-1-4-11(13)9-17-12-6-3-5-10(8-12)14(16)18/h1-8,17H,9H2,(H2,16,18). The lowest BCUT2D eigenvalue weighted by molar-refractivity contribution is 0.100. The molecule has 0 aliphatic rings. The van der Waals surface area contributed by atoms with Gasteiger partial charge in [0, 0.05) is 23.4 Å². The van der Waals surface area contributed by atoms with Crippen LogP contribution in [0.5, 0.6) is 0 Å². The third-order valence-corrected chi connectivity index (χ3v) is 2.59. The van der Waals surface area contributed by atoms with Gasteiger partial charge in [-0.25, -0.2) is 4.39 Å². The van der Waals surface area contributed by atoms with Gasteiger partial charge in [-0.3, -0.25) is 4.79 Å². The van der Waals surface area contributed by atoms with Crippen molar-refractivity contribution in [1.82, 2.24) is 0 Å². The Labute approximate surface area is 104 Å². The second-order valence-corrected chi connectivity index (χ2v) is 3.89. The van der Waals surface area contributed by atoms with Crippen molar-refractivity contribution in [3.63, 3.8) is 0 Å². The fourth-order valence-electron chi connectivity index (χ4n) is 1.62. The minimum Gasteiger partial charge on any atom is -0.381 e. The van der Waals surface area contributed by atoms with Crippen LogP contribution >= 0.6 is 0 Å². The second-order valence-electron chi connectivity index (χ2n) is 3.89. The Hall–Kier alpha value is -2.36. The molecule has 0 aliphatic heterocycles.